The third kappa shape index (κ3) is 3.88. The second-order valence-electron chi connectivity index (χ2n) is 6.24. The lowest BCUT2D eigenvalue weighted by Crippen LogP contribution is -2.14. The molecule has 1 amide bonds. The summed E-state index contributed by atoms with van der Waals surface area (Å²) in [6.07, 6.45) is 4.46. The maximum Gasteiger partial charge on any atom is 0.234 e. The molecule has 1 aliphatic rings. The molecule has 27 heavy (non-hydrogen) atoms. The Kier molecular flexibility index (Phi) is 5.21. The summed E-state index contributed by atoms with van der Waals surface area (Å²) in [5, 5.41) is 4.25. The van der Waals surface area contributed by atoms with Crippen LogP contribution in [-0.2, 0) is 17.6 Å². The molecule has 0 saturated carbocycles. The van der Waals surface area contributed by atoms with Crippen LogP contribution in [0.25, 0.3) is 10.2 Å². The van der Waals surface area contributed by atoms with Gasteiger partial charge >= 0.3 is 0 Å². The van der Waals surface area contributed by atoms with E-state index >= 15 is 0 Å². The predicted molar refractivity (Wildman–Crippen MR) is 109 cm³/mol. The van der Waals surface area contributed by atoms with E-state index in [4.69, 9.17) is 17.3 Å². The van der Waals surface area contributed by atoms with Crippen molar-refractivity contribution < 1.29 is 9.18 Å². The van der Waals surface area contributed by atoms with E-state index in [2.05, 4.69) is 15.3 Å². The largest absolute Gasteiger partial charge is 0.383 e. The molecule has 9 heteroatoms. The highest BCUT2D eigenvalue weighted by atomic mass is 35.5. The van der Waals surface area contributed by atoms with Gasteiger partial charge in [-0.15, -0.1) is 11.3 Å². The van der Waals surface area contributed by atoms with Gasteiger partial charge in [-0.25, -0.2) is 14.4 Å². The Morgan fingerprint density at radius 2 is 2.15 bits per heavy atom. The molecule has 0 radical (unpaired) electrons. The van der Waals surface area contributed by atoms with E-state index in [-0.39, 0.29) is 16.7 Å². The smallest absolute Gasteiger partial charge is 0.234 e. The minimum absolute atomic E-state index is 0.101. The summed E-state index contributed by atoms with van der Waals surface area (Å²) in [5.41, 5.74) is 7.84. The molecule has 4 rings (SSSR count). The first kappa shape index (κ1) is 18.5. The summed E-state index contributed by atoms with van der Waals surface area (Å²) in [6.45, 7) is 0. The molecule has 140 valence electrons. The zero-order valence-electron chi connectivity index (χ0n) is 14.2. The SMILES string of the molecule is Nc1nc(SCC(=O)Nc2ccc(F)cc2Cl)nc2sc3c(c12)CCCC3. The Balaban J connectivity index is 1.48. The summed E-state index contributed by atoms with van der Waals surface area (Å²) in [4.78, 5) is 23.4. The monoisotopic (exact) mass is 422 g/mol. The molecule has 0 fully saturated rings. The van der Waals surface area contributed by atoms with Gasteiger partial charge in [0.2, 0.25) is 5.91 Å². The number of nitrogens with zero attached hydrogens (tertiary/aromatic N) is 2. The van der Waals surface area contributed by atoms with E-state index in [0.717, 1.165) is 29.1 Å². The highest BCUT2D eigenvalue weighted by Crippen LogP contribution is 2.38. The van der Waals surface area contributed by atoms with Crippen molar-refractivity contribution in [3.05, 3.63) is 39.5 Å². The average molecular weight is 423 g/mol. The number of benzene rings is 1. The number of carbonyl (C=O) groups is 1. The van der Waals surface area contributed by atoms with Crippen LogP contribution in [0.4, 0.5) is 15.9 Å². The van der Waals surface area contributed by atoms with E-state index in [1.165, 1.54) is 47.2 Å². The highest BCUT2D eigenvalue weighted by molar-refractivity contribution is 7.99. The number of nitrogen functional groups attached to an aromatic ring is 1. The predicted octanol–water partition coefficient (Wildman–Crippen LogP) is 4.68. The van der Waals surface area contributed by atoms with Crippen LogP contribution in [0, 0.1) is 5.82 Å². The minimum Gasteiger partial charge on any atom is -0.383 e. The molecule has 0 unspecified atom stereocenters. The number of thiophene rings is 1. The van der Waals surface area contributed by atoms with Gasteiger partial charge in [-0.05, 0) is 49.4 Å². The second kappa shape index (κ2) is 7.61. The first-order valence-electron chi connectivity index (χ1n) is 8.46. The topological polar surface area (TPSA) is 80.9 Å². The maximum atomic E-state index is 13.1. The van der Waals surface area contributed by atoms with Crippen LogP contribution < -0.4 is 11.1 Å². The number of nitrogens with one attached hydrogen (secondary N) is 1. The van der Waals surface area contributed by atoms with Crippen LogP contribution in [0.5, 0.6) is 0 Å². The van der Waals surface area contributed by atoms with Crippen molar-refractivity contribution in [2.75, 3.05) is 16.8 Å². The molecule has 0 bridgehead atoms. The third-order valence-corrected chi connectivity index (χ3v) is 6.71. The molecule has 3 N–H and O–H groups in total. The summed E-state index contributed by atoms with van der Waals surface area (Å²) in [7, 11) is 0. The van der Waals surface area contributed by atoms with Crippen LogP contribution in [0.3, 0.4) is 0 Å². The van der Waals surface area contributed by atoms with Gasteiger partial charge in [-0.3, -0.25) is 4.79 Å². The van der Waals surface area contributed by atoms with Gasteiger partial charge in [0, 0.05) is 4.88 Å². The Morgan fingerprint density at radius 3 is 2.96 bits per heavy atom. The zero-order chi connectivity index (χ0) is 19.0. The van der Waals surface area contributed by atoms with Gasteiger partial charge in [0.1, 0.15) is 16.5 Å². The molecular formula is C18H16ClFN4OS2. The van der Waals surface area contributed by atoms with Crippen LogP contribution in [0.15, 0.2) is 23.4 Å². The maximum absolute atomic E-state index is 13.1. The quantitative estimate of drug-likeness (QED) is 0.471. The van der Waals surface area contributed by atoms with Crippen molar-refractivity contribution in [1.82, 2.24) is 9.97 Å². The van der Waals surface area contributed by atoms with E-state index in [1.54, 1.807) is 11.3 Å². The number of carbonyl (C=O) groups excluding carboxylic acids is 1. The van der Waals surface area contributed by atoms with Gasteiger partial charge in [-0.2, -0.15) is 0 Å². The Labute approximate surface area is 168 Å². The summed E-state index contributed by atoms with van der Waals surface area (Å²) < 4.78 is 13.1. The second-order valence-corrected chi connectivity index (χ2v) is 8.68. The first-order chi connectivity index (χ1) is 13.0. The van der Waals surface area contributed by atoms with Crippen molar-refractivity contribution in [3.63, 3.8) is 0 Å². The molecule has 1 aromatic carbocycles. The fourth-order valence-electron chi connectivity index (χ4n) is 3.14. The van der Waals surface area contributed by atoms with Crippen LogP contribution in [-0.4, -0.2) is 21.6 Å². The van der Waals surface area contributed by atoms with E-state index < -0.39 is 5.82 Å². The van der Waals surface area contributed by atoms with Gasteiger partial charge < -0.3 is 11.1 Å². The van der Waals surface area contributed by atoms with Crippen molar-refractivity contribution in [1.29, 1.82) is 0 Å². The Hall–Kier alpha value is -1.90. The van der Waals surface area contributed by atoms with Gasteiger partial charge in [0.05, 0.1) is 21.8 Å². The van der Waals surface area contributed by atoms with E-state index in [9.17, 15) is 9.18 Å². The lowest BCUT2D eigenvalue weighted by molar-refractivity contribution is -0.113. The minimum atomic E-state index is -0.455. The van der Waals surface area contributed by atoms with E-state index in [1.807, 2.05) is 0 Å². The van der Waals surface area contributed by atoms with Crippen LogP contribution in [0.2, 0.25) is 5.02 Å². The van der Waals surface area contributed by atoms with Gasteiger partial charge in [0.15, 0.2) is 5.16 Å². The lowest BCUT2D eigenvalue weighted by Gasteiger charge is -2.10. The molecule has 0 aliphatic heterocycles. The number of hydrogen-bond donors (Lipinski definition) is 2. The van der Waals surface area contributed by atoms with Crippen molar-refractivity contribution >= 4 is 62.3 Å². The van der Waals surface area contributed by atoms with Crippen molar-refractivity contribution in [3.8, 4) is 0 Å². The highest BCUT2D eigenvalue weighted by Gasteiger charge is 2.20. The van der Waals surface area contributed by atoms with Crippen molar-refractivity contribution in [2.45, 2.75) is 30.8 Å². The zero-order valence-corrected chi connectivity index (χ0v) is 16.6. The Bertz CT molecular complexity index is 1040. The van der Waals surface area contributed by atoms with Gasteiger partial charge in [0.25, 0.3) is 0 Å². The number of aryl methyl sites for hydroxylation is 2. The number of thioether (sulfide) groups is 1. The molecular weight excluding hydrogens is 407 g/mol. The third-order valence-electron chi connectivity index (χ3n) is 4.36. The number of hydrogen-bond acceptors (Lipinski definition) is 6. The summed E-state index contributed by atoms with van der Waals surface area (Å²) >= 11 is 8.80. The lowest BCUT2D eigenvalue weighted by atomic mass is 9.97. The summed E-state index contributed by atoms with van der Waals surface area (Å²) in [5.74, 6) is -0.155. The molecule has 0 saturated heterocycles. The van der Waals surface area contributed by atoms with E-state index in [0.29, 0.717) is 16.7 Å². The van der Waals surface area contributed by atoms with Crippen LogP contribution in [0.1, 0.15) is 23.3 Å². The molecule has 0 atom stereocenters. The number of amides is 1. The van der Waals surface area contributed by atoms with Crippen LogP contribution >= 0.6 is 34.7 Å². The molecule has 1 aliphatic carbocycles. The molecule has 5 nitrogen and oxygen atoms in total. The average Bonchev–Trinajstić information content (AvgIpc) is 3.01. The number of anilines is 2. The fraction of sp³-hybridized carbons (Fsp3) is 0.278. The normalized spacial score (nSPS) is 13.6. The number of rotatable bonds is 4. The standard InChI is InChI=1S/C18H16ClFN4OS2/c19-11-7-9(20)5-6-12(11)22-14(25)8-26-18-23-16(21)15-10-3-1-2-4-13(10)27-17(15)24-18/h5-7H,1-4,8H2,(H,22,25)(H2,21,23,24). The van der Waals surface area contributed by atoms with Crippen molar-refractivity contribution in [2.24, 2.45) is 0 Å². The fourth-order valence-corrected chi connectivity index (χ4v) is 5.33. The number of nitrogens with two attached hydrogens (primary N) is 1. The first-order valence-corrected chi connectivity index (χ1v) is 10.6. The Morgan fingerprint density at radius 1 is 1.33 bits per heavy atom. The molecule has 2 aromatic heterocycles. The molecule has 0 spiro atoms. The number of fused-ring (bicyclic) bond motifs is 3. The molecule has 3 aromatic rings. The number of aromatic nitrogens is 2. The molecule has 2 heterocycles. The van der Waals surface area contributed by atoms with Gasteiger partial charge in [-0.1, -0.05) is 23.4 Å². The number of halogens is 2. The summed E-state index contributed by atoms with van der Waals surface area (Å²) in [6, 6.07) is 3.82.